The van der Waals surface area contributed by atoms with E-state index in [1.807, 2.05) is 0 Å². The van der Waals surface area contributed by atoms with Crippen LogP contribution in [0.25, 0.3) is 0 Å². The van der Waals surface area contributed by atoms with Crippen LogP contribution in [0.1, 0.15) is 43.0 Å². The normalized spacial score (nSPS) is 27.4. The monoisotopic (exact) mass is 517 g/mol. The summed E-state index contributed by atoms with van der Waals surface area (Å²) in [7, 11) is -4.02. The third-order valence-electron chi connectivity index (χ3n) is 7.12. The van der Waals surface area contributed by atoms with Gasteiger partial charge in [0.05, 0.1) is 26.9 Å². The topological polar surface area (TPSA) is 104 Å². The molecular weight excluding hydrogens is 495 g/mol. The van der Waals surface area contributed by atoms with Gasteiger partial charge in [-0.05, 0) is 62.6 Å². The first-order valence-electron chi connectivity index (χ1n) is 10.8. The van der Waals surface area contributed by atoms with Gasteiger partial charge in [0.25, 0.3) is 5.91 Å². The Balaban J connectivity index is 1.60. The highest BCUT2D eigenvalue weighted by Gasteiger charge is 2.57. The Bertz CT molecular complexity index is 1220. The SMILES string of the molecule is CC(O)[C@]1(O)C2CC[C@H]1C[C@H](S(=O)(=O)c1cc(C(=O)Nc3cc(F)c(F)c(F)c3)ccc1Cl)C2. The summed E-state index contributed by atoms with van der Waals surface area (Å²) in [5.41, 5.74) is -1.81. The molecule has 0 spiro atoms. The largest absolute Gasteiger partial charge is 0.390 e. The first-order valence-corrected chi connectivity index (χ1v) is 12.7. The molecule has 1 amide bonds. The molecule has 3 N–H and O–H groups in total. The number of hydrogen-bond acceptors (Lipinski definition) is 5. The molecule has 0 radical (unpaired) electrons. The molecule has 6 nitrogen and oxygen atoms in total. The minimum absolute atomic E-state index is 0.0980. The number of rotatable bonds is 5. The fraction of sp³-hybridized carbons (Fsp3) is 0.435. The van der Waals surface area contributed by atoms with Crippen LogP contribution in [-0.4, -0.2) is 41.5 Å². The van der Waals surface area contributed by atoms with Gasteiger partial charge in [-0.2, -0.15) is 0 Å². The van der Waals surface area contributed by atoms with Crippen LogP contribution >= 0.6 is 11.6 Å². The predicted octanol–water partition coefficient (Wildman–Crippen LogP) is 4.08. The van der Waals surface area contributed by atoms with Gasteiger partial charge >= 0.3 is 0 Å². The zero-order chi connectivity index (χ0) is 25.0. The van der Waals surface area contributed by atoms with Gasteiger partial charge < -0.3 is 15.5 Å². The van der Waals surface area contributed by atoms with Gasteiger partial charge in [0.1, 0.15) is 0 Å². The minimum Gasteiger partial charge on any atom is -0.390 e. The van der Waals surface area contributed by atoms with Crippen molar-refractivity contribution in [2.45, 2.75) is 54.5 Å². The number of carbonyl (C=O) groups excluding carboxylic acids is 1. The molecule has 2 aliphatic carbocycles. The van der Waals surface area contributed by atoms with Crippen molar-refractivity contribution in [3.8, 4) is 0 Å². The summed E-state index contributed by atoms with van der Waals surface area (Å²) in [6.07, 6.45) is 0.478. The zero-order valence-electron chi connectivity index (χ0n) is 18.1. The molecule has 2 bridgehead atoms. The molecule has 2 aliphatic rings. The number of aliphatic hydroxyl groups is 2. The van der Waals surface area contributed by atoms with Crippen molar-refractivity contribution in [3.63, 3.8) is 0 Å². The third-order valence-corrected chi connectivity index (χ3v) is 9.77. The number of aliphatic hydroxyl groups excluding tert-OH is 1. The van der Waals surface area contributed by atoms with Crippen LogP contribution in [-0.2, 0) is 9.84 Å². The zero-order valence-corrected chi connectivity index (χ0v) is 19.6. The second-order valence-corrected chi connectivity index (χ2v) is 11.6. The van der Waals surface area contributed by atoms with Crippen LogP contribution in [0, 0.1) is 29.3 Å². The number of sulfone groups is 1. The predicted molar refractivity (Wildman–Crippen MR) is 119 cm³/mol. The van der Waals surface area contributed by atoms with Crippen LogP contribution < -0.4 is 5.32 Å². The van der Waals surface area contributed by atoms with Crippen LogP contribution in [0.15, 0.2) is 35.2 Å². The molecule has 0 heterocycles. The number of nitrogens with one attached hydrogen (secondary N) is 1. The van der Waals surface area contributed by atoms with E-state index in [4.69, 9.17) is 11.6 Å². The maximum absolute atomic E-state index is 13.5. The summed E-state index contributed by atoms with van der Waals surface area (Å²) in [4.78, 5) is 12.3. The first-order chi connectivity index (χ1) is 15.9. The van der Waals surface area contributed by atoms with E-state index in [-0.39, 0.29) is 45.8 Å². The van der Waals surface area contributed by atoms with Crippen LogP contribution in [0.4, 0.5) is 18.9 Å². The van der Waals surface area contributed by atoms with Crippen LogP contribution in [0.5, 0.6) is 0 Å². The maximum atomic E-state index is 13.5. The molecule has 34 heavy (non-hydrogen) atoms. The number of anilines is 1. The summed E-state index contributed by atoms with van der Waals surface area (Å²) in [6, 6.07) is 4.78. The lowest BCUT2D eigenvalue weighted by atomic mass is 9.71. The van der Waals surface area contributed by atoms with Crippen molar-refractivity contribution >= 4 is 33.0 Å². The van der Waals surface area contributed by atoms with E-state index in [0.717, 1.165) is 6.07 Å². The quantitative estimate of drug-likeness (QED) is 0.518. The Morgan fingerprint density at radius 3 is 2.21 bits per heavy atom. The lowest BCUT2D eigenvalue weighted by Gasteiger charge is -2.44. The standard InChI is InChI=1S/C23H23ClF3NO5S/c1-11(29)23(31)13-3-4-14(23)8-16(7-13)34(32,33)20-6-12(2-5-17(20)24)22(30)28-15-9-18(25)21(27)19(26)10-15/h2,5-6,9-11,13-14,16,29,31H,3-4,7-8H2,1H3,(H,28,30)/t11?,13-,14?,16-,23+/m0/s1. The highest BCUT2D eigenvalue weighted by molar-refractivity contribution is 7.92. The molecule has 2 aromatic carbocycles. The lowest BCUT2D eigenvalue weighted by molar-refractivity contribution is -0.134. The van der Waals surface area contributed by atoms with Crippen molar-refractivity contribution in [1.82, 2.24) is 0 Å². The summed E-state index contributed by atoms with van der Waals surface area (Å²) >= 11 is 6.18. The fourth-order valence-electron chi connectivity index (χ4n) is 5.35. The summed E-state index contributed by atoms with van der Waals surface area (Å²) in [5, 5.41) is 22.3. The number of carbonyl (C=O) groups is 1. The first kappa shape index (κ1) is 25.0. The van der Waals surface area contributed by atoms with Crippen molar-refractivity contribution in [3.05, 3.63) is 58.4 Å². The van der Waals surface area contributed by atoms with Crippen molar-refractivity contribution in [2.75, 3.05) is 5.32 Å². The number of amides is 1. The van der Waals surface area contributed by atoms with Gasteiger partial charge in [-0.15, -0.1) is 0 Å². The third kappa shape index (κ3) is 4.10. The maximum Gasteiger partial charge on any atom is 0.255 e. The fourth-order valence-corrected chi connectivity index (χ4v) is 7.75. The van der Waals surface area contributed by atoms with E-state index in [1.165, 1.54) is 19.1 Å². The Hall–Kier alpha value is -2.14. The van der Waals surface area contributed by atoms with E-state index in [1.54, 1.807) is 0 Å². The van der Waals surface area contributed by atoms with Crippen LogP contribution in [0.3, 0.4) is 0 Å². The van der Waals surface area contributed by atoms with Gasteiger partial charge in [0, 0.05) is 23.4 Å². The van der Waals surface area contributed by atoms with E-state index < -0.39 is 50.2 Å². The molecule has 0 aromatic heterocycles. The van der Waals surface area contributed by atoms with E-state index in [2.05, 4.69) is 5.32 Å². The molecule has 4 rings (SSSR count). The van der Waals surface area contributed by atoms with Crippen molar-refractivity contribution < 1.29 is 36.6 Å². The molecule has 2 saturated carbocycles. The molecule has 184 valence electrons. The number of halogens is 4. The van der Waals surface area contributed by atoms with Crippen LogP contribution in [0.2, 0.25) is 5.02 Å². The van der Waals surface area contributed by atoms with Gasteiger partial charge in [-0.25, -0.2) is 21.6 Å². The van der Waals surface area contributed by atoms with E-state index >= 15 is 0 Å². The van der Waals surface area contributed by atoms with Gasteiger partial charge in [-0.3, -0.25) is 4.79 Å². The molecule has 0 aliphatic heterocycles. The van der Waals surface area contributed by atoms with Gasteiger partial charge in [0.15, 0.2) is 27.3 Å². The Morgan fingerprint density at radius 1 is 1.12 bits per heavy atom. The lowest BCUT2D eigenvalue weighted by Crippen LogP contribution is -2.54. The Kier molecular flexibility index (Phi) is 6.48. The second kappa shape index (κ2) is 8.82. The summed E-state index contributed by atoms with van der Waals surface area (Å²) < 4.78 is 67.0. The summed E-state index contributed by atoms with van der Waals surface area (Å²) in [6.45, 7) is 1.50. The Labute approximate surface area is 199 Å². The molecule has 0 saturated heterocycles. The van der Waals surface area contributed by atoms with E-state index in [9.17, 15) is 36.6 Å². The molecule has 5 atom stereocenters. The van der Waals surface area contributed by atoms with Gasteiger partial charge in [-0.1, -0.05) is 11.6 Å². The molecule has 11 heteroatoms. The number of hydrogen-bond donors (Lipinski definition) is 3. The Morgan fingerprint density at radius 2 is 1.68 bits per heavy atom. The summed E-state index contributed by atoms with van der Waals surface area (Å²) in [5.74, 6) is -6.30. The molecule has 2 fully saturated rings. The number of fused-ring (bicyclic) bond motifs is 2. The second-order valence-electron chi connectivity index (χ2n) is 9.03. The van der Waals surface area contributed by atoms with Crippen molar-refractivity contribution in [1.29, 1.82) is 0 Å². The smallest absolute Gasteiger partial charge is 0.255 e. The highest BCUT2D eigenvalue weighted by atomic mass is 35.5. The van der Waals surface area contributed by atoms with E-state index in [0.29, 0.717) is 25.0 Å². The number of benzene rings is 2. The van der Waals surface area contributed by atoms with Crippen molar-refractivity contribution in [2.24, 2.45) is 11.8 Å². The van der Waals surface area contributed by atoms with Gasteiger partial charge in [0.2, 0.25) is 0 Å². The average molecular weight is 518 g/mol. The molecular formula is C23H23ClF3NO5S. The minimum atomic E-state index is -4.02. The molecule has 2 aromatic rings. The highest BCUT2D eigenvalue weighted by Crippen LogP contribution is 2.53. The average Bonchev–Trinajstić information content (AvgIpc) is 2.94. The molecule has 2 unspecified atom stereocenters.